The van der Waals surface area contributed by atoms with Gasteiger partial charge in [0.2, 0.25) is 5.76 Å². The number of para-hydroxylation sites is 3. The minimum absolute atomic E-state index is 0.0894. The van der Waals surface area contributed by atoms with Crippen LogP contribution in [0.2, 0.25) is 0 Å². The number of imidazole rings is 1. The number of carboxylic acids is 1. The van der Waals surface area contributed by atoms with Crippen LogP contribution in [0.1, 0.15) is 21.9 Å². The van der Waals surface area contributed by atoms with Crippen LogP contribution in [-0.2, 0) is 6.54 Å². The van der Waals surface area contributed by atoms with Crippen molar-refractivity contribution < 1.29 is 14.3 Å². The van der Waals surface area contributed by atoms with Gasteiger partial charge in [0, 0.05) is 22.7 Å². The van der Waals surface area contributed by atoms with Crippen molar-refractivity contribution in [3.63, 3.8) is 0 Å². The number of rotatable bonds is 4. The second kappa shape index (κ2) is 6.93. The van der Waals surface area contributed by atoms with Crippen LogP contribution in [0.4, 0.5) is 0 Å². The van der Waals surface area contributed by atoms with Gasteiger partial charge in [-0.2, -0.15) is 0 Å². The molecule has 32 heavy (non-hydrogen) atoms. The van der Waals surface area contributed by atoms with E-state index in [0.29, 0.717) is 21.8 Å². The molecule has 0 aliphatic rings. The number of nitrogens with zero attached hydrogens (tertiary/aromatic N) is 3. The van der Waals surface area contributed by atoms with E-state index in [-0.39, 0.29) is 11.3 Å². The molecule has 0 unspecified atom stereocenters. The van der Waals surface area contributed by atoms with Crippen LogP contribution in [0.15, 0.2) is 76.1 Å². The maximum Gasteiger partial charge on any atom is 0.371 e. The summed E-state index contributed by atoms with van der Waals surface area (Å²) in [5, 5.41) is 10.1. The summed E-state index contributed by atoms with van der Waals surface area (Å²) in [6.45, 7) is 0.379. The van der Waals surface area contributed by atoms with Crippen molar-refractivity contribution in [1.29, 1.82) is 0 Å². The SMILES string of the molecule is O=C(O)c1ccc(Cn2cc(C=c3sc4nc5ccccc5n4c3=O)c3ccccc32)o1. The third-order valence-corrected chi connectivity index (χ3v) is 6.42. The summed E-state index contributed by atoms with van der Waals surface area (Å²) in [6.07, 6.45) is 3.84. The smallest absolute Gasteiger partial charge is 0.371 e. The van der Waals surface area contributed by atoms with E-state index >= 15 is 0 Å². The molecule has 7 nitrogen and oxygen atoms in total. The van der Waals surface area contributed by atoms with Gasteiger partial charge in [-0.1, -0.05) is 41.7 Å². The number of fused-ring (bicyclic) bond motifs is 4. The highest BCUT2D eigenvalue weighted by Crippen LogP contribution is 2.24. The van der Waals surface area contributed by atoms with Gasteiger partial charge >= 0.3 is 5.97 Å². The van der Waals surface area contributed by atoms with Crippen LogP contribution >= 0.6 is 11.3 Å². The Morgan fingerprint density at radius 2 is 1.84 bits per heavy atom. The topological polar surface area (TPSA) is 89.7 Å². The van der Waals surface area contributed by atoms with Crippen LogP contribution < -0.4 is 10.1 Å². The zero-order valence-corrected chi connectivity index (χ0v) is 17.4. The van der Waals surface area contributed by atoms with E-state index in [0.717, 1.165) is 27.5 Å². The first-order valence-corrected chi connectivity index (χ1v) is 10.7. The molecule has 0 aliphatic carbocycles. The monoisotopic (exact) mass is 441 g/mol. The fourth-order valence-corrected chi connectivity index (χ4v) is 5.00. The normalized spacial score (nSPS) is 12.4. The zero-order valence-electron chi connectivity index (χ0n) is 16.6. The van der Waals surface area contributed by atoms with Crippen LogP contribution in [0, 0.1) is 0 Å². The van der Waals surface area contributed by atoms with Crippen molar-refractivity contribution >= 4 is 50.3 Å². The Labute approximate surface area is 184 Å². The third-order valence-electron chi connectivity index (χ3n) is 5.45. The van der Waals surface area contributed by atoms with Gasteiger partial charge < -0.3 is 14.1 Å². The lowest BCUT2D eigenvalue weighted by molar-refractivity contribution is 0.0660. The first kappa shape index (κ1) is 18.6. The van der Waals surface area contributed by atoms with Crippen LogP contribution in [0.25, 0.3) is 33.0 Å². The highest BCUT2D eigenvalue weighted by atomic mass is 32.1. The van der Waals surface area contributed by atoms with Gasteiger partial charge in [0.1, 0.15) is 5.76 Å². The standard InChI is InChI=1S/C24H15N3O4S/c28-22-21(32-24-25-17-6-2-4-8-19(17)27(22)24)11-14-12-26(18-7-3-1-5-16(14)18)13-15-9-10-20(31-15)23(29)30/h1-12H,13H2,(H,29,30). The second-order valence-corrected chi connectivity index (χ2v) is 8.44. The Hall–Kier alpha value is -4.17. The molecule has 156 valence electrons. The fourth-order valence-electron chi connectivity index (χ4n) is 4.02. The molecule has 0 saturated heterocycles. The molecule has 0 saturated carbocycles. The number of thiazole rings is 1. The average molecular weight is 441 g/mol. The molecule has 4 aromatic heterocycles. The molecule has 0 atom stereocenters. The van der Waals surface area contributed by atoms with E-state index in [1.54, 1.807) is 10.5 Å². The van der Waals surface area contributed by atoms with E-state index in [9.17, 15) is 9.59 Å². The molecular weight excluding hydrogens is 426 g/mol. The number of furan rings is 1. The first-order valence-electron chi connectivity index (χ1n) is 9.90. The van der Waals surface area contributed by atoms with Gasteiger partial charge in [-0.25, -0.2) is 14.2 Å². The van der Waals surface area contributed by atoms with Crippen molar-refractivity contribution in [1.82, 2.24) is 14.0 Å². The summed E-state index contributed by atoms with van der Waals surface area (Å²) in [5.41, 5.74) is 3.38. The minimum atomic E-state index is -1.10. The summed E-state index contributed by atoms with van der Waals surface area (Å²) in [6, 6.07) is 18.6. The predicted molar refractivity (Wildman–Crippen MR) is 122 cm³/mol. The molecular formula is C24H15N3O4S. The molecule has 0 spiro atoms. The van der Waals surface area contributed by atoms with Crippen LogP contribution in [-0.4, -0.2) is 25.0 Å². The molecule has 6 aromatic rings. The molecule has 6 rings (SSSR count). The quantitative estimate of drug-likeness (QED) is 0.450. The van der Waals surface area contributed by atoms with Crippen molar-refractivity contribution in [2.45, 2.75) is 6.54 Å². The summed E-state index contributed by atoms with van der Waals surface area (Å²) in [7, 11) is 0. The van der Waals surface area contributed by atoms with Crippen molar-refractivity contribution in [2.75, 3.05) is 0 Å². The van der Waals surface area contributed by atoms with Crippen molar-refractivity contribution in [2.24, 2.45) is 0 Å². The summed E-state index contributed by atoms with van der Waals surface area (Å²) >= 11 is 1.36. The van der Waals surface area contributed by atoms with Crippen molar-refractivity contribution in [3.05, 3.63) is 98.8 Å². The minimum Gasteiger partial charge on any atom is -0.475 e. The fraction of sp³-hybridized carbons (Fsp3) is 0.0417. The van der Waals surface area contributed by atoms with Gasteiger partial charge in [-0.15, -0.1) is 0 Å². The Balaban J connectivity index is 1.49. The number of hydrogen-bond acceptors (Lipinski definition) is 5. The molecule has 2 aromatic carbocycles. The molecule has 8 heteroatoms. The Morgan fingerprint density at radius 1 is 1.06 bits per heavy atom. The Bertz CT molecular complexity index is 1770. The number of benzene rings is 2. The lowest BCUT2D eigenvalue weighted by Crippen LogP contribution is -2.22. The molecule has 0 radical (unpaired) electrons. The number of hydrogen-bond donors (Lipinski definition) is 1. The number of carboxylic acid groups (broad SMARTS) is 1. The number of aromatic nitrogens is 3. The van der Waals surface area contributed by atoms with Crippen LogP contribution in [0.5, 0.6) is 0 Å². The Kier molecular flexibility index (Phi) is 4.02. The van der Waals surface area contributed by atoms with E-state index in [1.165, 1.54) is 17.4 Å². The van der Waals surface area contributed by atoms with Crippen molar-refractivity contribution in [3.8, 4) is 0 Å². The Morgan fingerprint density at radius 3 is 2.66 bits per heavy atom. The lowest BCUT2D eigenvalue weighted by Gasteiger charge is -2.02. The maximum atomic E-state index is 13.1. The molecule has 0 bridgehead atoms. The largest absolute Gasteiger partial charge is 0.475 e. The van der Waals surface area contributed by atoms with Gasteiger partial charge in [0.25, 0.3) is 5.56 Å². The zero-order chi connectivity index (χ0) is 21.8. The van der Waals surface area contributed by atoms with E-state index < -0.39 is 5.97 Å². The molecule has 0 amide bonds. The predicted octanol–water partition coefficient (Wildman–Crippen LogP) is 3.75. The number of carbonyl (C=O) groups is 1. The molecule has 4 heterocycles. The summed E-state index contributed by atoms with van der Waals surface area (Å²) in [5.74, 6) is -0.644. The lowest BCUT2D eigenvalue weighted by atomic mass is 10.2. The maximum absolute atomic E-state index is 13.1. The number of aromatic carboxylic acids is 1. The third kappa shape index (κ3) is 2.84. The average Bonchev–Trinajstić information content (AvgIpc) is 3.54. The summed E-state index contributed by atoms with van der Waals surface area (Å²) in [4.78, 5) is 29.5. The molecule has 0 aliphatic heterocycles. The van der Waals surface area contributed by atoms with Gasteiger partial charge in [0.15, 0.2) is 4.96 Å². The first-order chi connectivity index (χ1) is 15.6. The summed E-state index contributed by atoms with van der Waals surface area (Å²) < 4.78 is 9.67. The highest BCUT2D eigenvalue weighted by Gasteiger charge is 2.14. The van der Waals surface area contributed by atoms with Gasteiger partial charge in [-0.3, -0.25) is 4.79 Å². The van der Waals surface area contributed by atoms with Gasteiger partial charge in [-0.05, 0) is 36.4 Å². The van der Waals surface area contributed by atoms with Gasteiger partial charge in [0.05, 0.1) is 22.1 Å². The van der Waals surface area contributed by atoms with E-state index in [1.807, 2.05) is 65.4 Å². The second-order valence-electron chi connectivity index (χ2n) is 7.43. The molecule has 0 fully saturated rings. The highest BCUT2D eigenvalue weighted by molar-refractivity contribution is 7.15. The molecule has 1 N–H and O–H groups in total. The van der Waals surface area contributed by atoms with E-state index in [2.05, 4.69) is 4.98 Å². The van der Waals surface area contributed by atoms with Crippen LogP contribution in [0.3, 0.4) is 0 Å². The van der Waals surface area contributed by atoms with E-state index in [4.69, 9.17) is 9.52 Å².